The quantitative estimate of drug-likeness (QED) is 0.273. The van der Waals surface area contributed by atoms with Gasteiger partial charge < -0.3 is 0 Å². The zero-order valence-electron chi connectivity index (χ0n) is 5.99. The van der Waals surface area contributed by atoms with Gasteiger partial charge in [0.2, 0.25) is 0 Å². The summed E-state index contributed by atoms with van der Waals surface area (Å²) < 4.78 is 2.88. The van der Waals surface area contributed by atoms with Crippen molar-refractivity contribution in [1.29, 1.82) is 0 Å². The molecule has 4 nitrogen and oxygen atoms in total. The van der Waals surface area contributed by atoms with Gasteiger partial charge in [-0.3, -0.25) is 0 Å². The first-order valence-electron chi connectivity index (χ1n) is 3.13. The Balaban J connectivity index is 3.44. The normalized spacial score (nSPS) is 12.9. The molecular formula is C5H12N2O2SSe. The summed E-state index contributed by atoms with van der Waals surface area (Å²) in [6, 6.07) is -0.523. The standard InChI is InChI=1S/C5H12N2O2SSe/c6-1-2-11-7-4(3-10)5(8)9/h4,7,10H,1-3,6H2,(H,8,9). The van der Waals surface area contributed by atoms with Crippen LogP contribution >= 0.6 is 12.6 Å². The number of hydrogen-bond donors (Lipinski definition) is 4. The first-order chi connectivity index (χ1) is 5.22. The summed E-state index contributed by atoms with van der Waals surface area (Å²) in [5.74, 6) is -0.527. The Morgan fingerprint density at radius 2 is 2.45 bits per heavy atom. The van der Waals surface area contributed by atoms with Crippen molar-refractivity contribution in [3.05, 3.63) is 0 Å². The van der Waals surface area contributed by atoms with Gasteiger partial charge in [-0.25, -0.2) is 0 Å². The zero-order valence-corrected chi connectivity index (χ0v) is 8.59. The van der Waals surface area contributed by atoms with Crippen molar-refractivity contribution in [3.8, 4) is 0 Å². The van der Waals surface area contributed by atoms with E-state index in [1.165, 1.54) is 0 Å². The fourth-order valence-corrected chi connectivity index (χ4v) is 2.21. The Hall–Kier alpha value is 0.259. The third-order valence-corrected chi connectivity index (χ3v) is 3.16. The summed E-state index contributed by atoms with van der Waals surface area (Å²) in [6.07, 6.45) is 0. The monoisotopic (exact) mass is 244 g/mol. The van der Waals surface area contributed by atoms with Gasteiger partial charge >= 0.3 is 77.4 Å². The summed E-state index contributed by atoms with van der Waals surface area (Å²) in [7, 11) is 0. The first kappa shape index (κ1) is 11.3. The van der Waals surface area contributed by atoms with Gasteiger partial charge in [0.25, 0.3) is 0 Å². The molecule has 0 heterocycles. The number of carboxylic acid groups (broad SMARTS) is 1. The van der Waals surface area contributed by atoms with Crippen LogP contribution in [-0.2, 0) is 4.79 Å². The molecule has 0 fully saturated rings. The molecule has 0 aromatic rings. The number of thiol groups is 1. The average Bonchev–Trinajstić information content (AvgIpc) is 1.97. The average molecular weight is 243 g/mol. The van der Waals surface area contributed by atoms with Crippen LogP contribution in [0.4, 0.5) is 0 Å². The molecule has 66 valence electrons. The molecule has 0 aliphatic rings. The molecule has 0 aliphatic heterocycles. The van der Waals surface area contributed by atoms with E-state index in [0.29, 0.717) is 12.3 Å². The van der Waals surface area contributed by atoms with Crippen LogP contribution in [0, 0.1) is 0 Å². The number of carboxylic acids is 1. The van der Waals surface area contributed by atoms with E-state index in [-0.39, 0.29) is 15.2 Å². The van der Waals surface area contributed by atoms with Crippen LogP contribution in [0.15, 0.2) is 0 Å². The summed E-state index contributed by atoms with van der Waals surface area (Å²) in [5.41, 5.74) is 5.24. The summed E-state index contributed by atoms with van der Waals surface area (Å²) >= 11 is 4.02. The minimum atomic E-state index is -0.848. The summed E-state index contributed by atoms with van der Waals surface area (Å²) in [5, 5.41) is 9.39. The van der Waals surface area contributed by atoms with Crippen molar-refractivity contribution >= 4 is 33.8 Å². The first-order valence-corrected chi connectivity index (χ1v) is 5.83. The van der Waals surface area contributed by atoms with Crippen molar-refractivity contribution in [3.63, 3.8) is 0 Å². The van der Waals surface area contributed by atoms with E-state index in [4.69, 9.17) is 10.8 Å². The molecule has 0 aromatic heterocycles. The molecule has 0 radical (unpaired) electrons. The maximum atomic E-state index is 10.4. The fraction of sp³-hybridized carbons (Fsp3) is 0.800. The van der Waals surface area contributed by atoms with Crippen LogP contribution in [0.1, 0.15) is 0 Å². The van der Waals surface area contributed by atoms with Gasteiger partial charge in [0.15, 0.2) is 0 Å². The Labute approximate surface area is 77.7 Å². The van der Waals surface area contributed by atoms with E-state index in [1.54, 1.807) is 0 Å². The van der Waals surface area contributed by atoms with E-state index < -0.39 is 12.0 Å². The molecule has 1 unspecified atom stereocenters. The molecule has 0 spiro atoms. The predicted octanol–water partition coefficient (Wildman–Crippen LogP) is -1.04. The fourth-order valence-electron chi connectivity index (χ4n) is 0.384. The molecule has 0 aromatic carbocycles. The Morgan fingerprint density at radius 3 is 2.82 bits per heavy atom. The number of nitrogens with two attached hydrogens (primary N) is 1. The van der Waals surface area contributed by atoms with Gasteiger partial charge in [-0.2, -0.15) is 0 Å². The number of aliphatic carboxylic acids is 1. The number of hydrogen-bond acceptors (Lipinski definition) is 4. The van der Waals surface area contributed by atoms with Crippen molar-refractivity contribution in [2.75, 3.05) is 12.3 Å². The minimum absolute atomic E-state index is 0.126. The van der Waals surface area contributed by atoms with Crippen molar-refractivity contribution < 1.29 is 9.90 Å². The maximum absolute atomic E-state index is 10.4. The van der Waals surface area contributed by atoms with E-state index in [1.807, 2.05) is 0 Å². The third-order valence-electron chi connectivity index (χ3n) is 0.926. The van der Waals surface area contributed by atoms with Gasteiger partial charge in [0, 0.05) is 0 Å². The van der Waals surface area contributed by atoms with Crippen molar-refractivity contribution in [2.24, 2.45) is 5.73 Å². The molecule has 4 N–H and O–H groups in total. The topological polar surface area (TPSA) is 75.3 Å². The van der Waals surface area contributed by atoms with Crippen molar-refractivity contribution in [2.45, 2.75) is 11.4 Å². The van der Waals surface area contributed by atoms with Gasteiger partial charge in [0.05, 0.1) is 0 Å². The third kappa shape index (κ3) is 5.52. The summed E-state index contributed by atoms with van der Waals surface area (Å²) in [4.78, 5) is 10.4. The zero-order chi connectivity index (χ0) is 8.69. The predicted molar refractivity (Wildman–Crippen MR) is 48.0 cm³/mol. The van der Waals surface area contributed by atoms with Gasteiger partial charge in [0.1, 0.15) is 0 Å². The summed E-state index contributed by atoms with van der Waals surface area (Å²) in [6.45, 7) is 0.603. The molecule has 0 bridgehead atoms. The molecule has 0 saturated carbocycles. The molecule has 11 heavy (non-hydrogen) atoms. The second-order valence-corrected chi connectivity index (χ2v) is 4.15. The van der Waals surface area contributed by atoms with Crippen molar-refractivity contribution in [1.82, 2.24) is 4.33 Å². The SMILES string of the molecule is NCC[Se]NC(CS)C(=O)O. The van der Waals surface area contributed by atoms with Gasteiger partial charge in [-0.05, 0) is 0 Å². The molecule has 0 saturated heterocycles. The van der Waals surface area contributed by atoms with Crippen LogP contribution in [0.3, 0.4) is 0 Å². The molecule has 1 atom stereocenters. The van der Waals surface area contributed by atoms with E-state index in [9.17, 15) is 4.79 Å². The number of rotatable bonds is 6. The van der Waals surface area contributed by atoms with Crippen LogP contribution in [0.2, 0.25) is 5.32 Å². The molecular weight excluding hydrogens is 231 g/mol. The van der Waals surface area contributed by atoms with Gasteiger partial charge in [-0.15, -0.1) is 0 Å². The number of carbonyl (C=O) groups is 1. The molecule has 6 heteroatoms. The van der Waals surface area contributed by atoms with Crippen LogP contribution in [-0.4, -0.2) is 44.6 Å². The van der Waals surface area contributed by atoms with Gasteiger partial charge in [-0.1, -0.05) is 0 Å². The van der Waals surface area contributed by atoms with Crippen LogP contribution < -0.4 is 10.1 Å². The second-order valence-electron chi connectivity index (χ2n) is 1.83. The van der Waals surface area contributed by atoms with E-state index in [2.05, 4.69) is 17.0 Å². The Bertz CT molecular complexity index is 125. The van der Waals surface area contributed by atoms with Crippen LogP contribution in [0.5, 0.6) is 0 Å². The second kappa shape index (κ2) is 6.94. The van der Waals surface area contributed by atoms with E-state index in [0.717, 1.165) is 5.32 Å². The Morgan fingerprint density at radius 1 is 1.82 bits per heavy atom. The number of nitrogens with one attached hydrogen (secondary N) is 1. The Kier molecular flexibility index (Phi) is 7.10. The van der Waals surface area contributed by atoms with E-state index >= 15 is 0 Å². The molecule has 0 amide bonds. The molecule has 0 aliphatic carbocycles. The molecule has 0 rings (SSSR count). The van der Waals surface area contributed by atoms with Crippen LogP contribution in [0.25, 0.3) is 0 Å².